The maximum Gasteiger partial charge on any atom is 0.248 e. The second-order valence-corrected chi connectivity index (χ2v) is 4.58. The molecule has 0 aromatic carbocycles. The highest BCUT2D eigenvalue weighted by Crippen LogP contribution is 2.41. The lowest BCUT2D eigenvalue weighted by molar-refractivity contribution is -0.0519. The van der Waals surface area contributed by atoms with Crippen molar-refractivity contribution in [1.29, 1.82) is 0 Å². The van der Waals surface area contributed by atoms with Crippen molar-refractivity contribution in [3.05, 3.63) is 23.9 Å². The summed E-state index contributed by atoms with van der Waals surface area (Å²) >= 11 is 0. The predicted octanol–water partition coefficient (Wildman–Crippen LogP) is 2.45. The van der Waals surface area contributed by atoms with Crippen molar-refractivity contribution in [3.8, 4) is 5.88 Å². The van der Waals surface area contributed by atoms with Crippen molar-refractivity contribution < 1.29 is 13.5 Å². The molecule has 2 N–H and O–H groups in total. The van der Waals surface area contributed by atoms with Crippen LogP contribution in [-0.4, -0.2) is 18.0 Å². The first-order valence-corrected chi connectivity index (χ1v) is 5.63. The van der Waals surface area contributed by atoms with Crippen LogP contribution in [0, 0.1) is 0 Å². The molecule has 1 aromatic rings. The van der Waals surface area contributed by atoms with Crippen LogP contribution in [-0.2, 0) is 5.54 Å². The molecule has 1 aliphatic carbocycles. The van der Waals surface area contributed by atoms with Crippen LogP contribution in [0.1, 0.15) is 31.4 Å². The number of ether oxygens (including phenoxy) is 1. The number of hydrogen-bond donors (Lipinski definition) is 1. The molecule has 0 atom stereocenters. The first-order chi connectivity index (χ1) is 7.95. The van der Waals surface area contributed by atoms with Crippen molar-refractivity contribution in [2.45, 2.75) is 37.1 Å². The lowest BCUT2D eigenvalue weighted by Crippen LogP contribution is -2.44. The third-order valence-electron chi connectivity index (χ3n) is 3.32. The fourth-order valence-electron chi connectivity index (χ4n) is 2.12. The van der Waals surface area contributed by atoms with E-state index in [1.807, 2.05) is 0 Å². The van der Waals surface area contributed by atoms with Crippen molar-refractivity contribution in [2.75, 3.05) is 7.11 Å². The number of rotatable bonds is 2. The molecule has 0 aliphatic heterocycles. The zero-order chi connectivity index (χ0) is 12.5. The number of hydrogen-bond acceptors (Lipinski definition) is 3. The largest absolute Gasteiger partial charge is 0.481 e. The molecule has 1 aromatic heterocycles. The first kappa shape index (κ1) is 12.2. The van der Waals surface area contributed by atoms with E-state index in [-0.39, 0.29) is 25.7 Å². The summed E-state index contributed by atoms with van der Waals surface area (Å²) < 4.78 is 31.2. The third-order valence-corrected chi connectivity index (χ3v) is 3.32. The van der Waals surface area contributed by atoms with Gasteiger partial charge in [0.05, 0.1) is 18.3 Å². The number of nitrogens with zero attached hydrogens (tertiary/aromatic N) is 1. The first-order valence-electron chi connectivity index (χ1n) is 5.63. The van der Waals surface area contributed by atoms with Gasteiger partial charge in [-0.2, -0.15) is 0 Å². The van der Waals surface area contributed by atoms with Gasteiger partial charge in [0, 0.05) is 18.9 Å². The number of nitrogens with two attached hydrogens (primary N) is 1. The Morgan fingerprint density at radius 3 is 2.47 bits per heavy atom. The smallest absolute Gasteiger partial charge is 0.248 e. The minimum absolute atomic E-state index is 0.178. The summed E-state index contributed by atoms with van der Waals surface area (Å²) in [6, 6.07) is 5.26. The quantitative estimate of drug-likeness (QED) is 0.866. The van der Waals surface area contributed by atoms with E-state index < -0.39 is 11.5 Å². The molecule has 0 radical (unpaired) electrons. The van der Waals surface area contributed by atoms with E-state index >= 15 is 0 Å². The average Bonchev–Trinajstić information content (AvgIpc) is 2.33. The van der Waals surface area contributed by atoms with Crippen molar-refractivity contribution in [2.24, 2.45) is 5.73 Å². The van der Waals surface area contributed by atoms with E-state index in [2.05, 4.69) is 4.98 Å². The molecule has 1 saturated carbocycles. The number of alkyl halides is 2. The van der Waals surface area contributed by atoms with E-state index in [1.165, 1.54) is 7.11 Å². The van der Waals surface area contributed by atoms with Gasteiger partial charge in [-0.3, -0.25) is 0 Å². The summed E-state index contributed by atoms with van der Waals surface area (Å²) in [4.78, 5) is 4.24. The van der Waals surface area contributed by atoms with Crippen LogP contribution in [0.4, 0.5) is 8.78 Å². The monoisotopic (exact) mass is 242 g/mol. The van der Waals surface area contributed by atoms with E-state index in [1.54, 1.807) is 18.2 Å². The molecule has 0 bridgehead atoms. The van der Waals surface area contributed by atoms with Crippen LogP contribution in [0.5, 0.6) is 5.88 Å². The Morgan fingerprint density at radius 1 is 1.24 bits per heavy atom. The molecule has 17 heavy (non-hydrogen) atoms. The Labute approximate surface area is 99.0 Å². The SMILES string of the molecule is COc1cccc(C2(N)CCC(F)(F)CC2)n1. The normalized spacial score (nSPS) is 22.1. The van der Waals surface area contributed by atoms with Crippen molar-refractivity contribution >= 4 is 0 Å². The van der Waals surface area contributed by atoms with E-state index in [4.69, 9.17) is 10.5 Å². The van der Waals surface area contributed by atoms with Gasteiger partial charge in [-0.25, -0.2) is 13.8 Å². The maximum atomic E-state index is 13.1. The molecular weight excluding hydrogens is 226 g/mol. The molecule has 1 fully saturated rings. The Balaban J connectivity index is 2.21. The standard InChI is InChI=1S/C12H16F2N2O/c1-17-10-4-2-3-9(16-10)11(15)5-7-12(13,14)8-6-11/h2-4H,5-8,15H2,1H3. The topological polar surface area (TPSA) is 48.1 Å². The molecule has 3 nitrogen and oxygen atoms in total. The molecular formula is C12H16F2N2O. The van der Waals surface area contributed by atoms with E-state index in [0.29, 0.717) is 11.6 Å². The molecule has 5 heteroatoms. The van der Waals surface area contributed by atoms with Crippen LogP contribution in [0.2, 0.25) is 0 Å². The highest BCUT2D eigenvalue weighted by atomic mass is 19.3. The summed E-state index contributed by atoms with van der Waals surface area (Å²) in [5.74, 6) is -2.12. The number of aromatic nitrogens is 1. The molecule has 0 saturated heterocycles. The highest BCUT2D eigenvalue weighted by Gasteiger charge is 2.42. The fourth-order valence-corrected chi connectivity index (χ4v) is 2.12. The molecule has 0 amide bonds. The Kier molecular flexibility index (Phi) is 3.03. The van der Waals surface area contributed by atoms with Gasteiger partial charge in [0.1, 0.15) is 0 Å². The molecule has 1 heterocycles. The number of pyridine rings is 1. The van der Waals surface area contributed by atoms with Crippen LogP contribution < -0.4 is 10.5 Å². The van der Waals surface area contributed by atoms with E-state index in [0.717, 1.165) is 0 Å². The van der Waals surface area contributed by atoms with Crippen molar-refractivity contribution in [1.82, 2.24) is 4.98 Å². The van der Waals surface area contributed by atoms with Crippen LogP contribution >= 0.6 is 0 Å². The lowest BCUT2D eigenvalue weighted by Gasteiger charge is -2.36. The summed E-state index contributed by atoms with van der Waals surface area (Å²) in [7, 11) is 1.52. The summed E-state index contributed by atoms with van der Waals surface area (Å²) in [6.07, 6.45) is 0.144. The zero-order valence-electron chi connectivity index (χ0n) is 9.75. The average molecular weight is 242 g/mol. The molecule has 0 spiro atoms. The van der Waals surface area contributed by atoms with Gasteiger partial charge >= 0.3 is 0 Å². The summed E-state index contributed by atoms with van der Waals surface area (Å²) in [5.41, 5.74) is 6.05. The Hall–Kier alpha value is -1.23. The Bertz CT molecular complexity index is 399. The van der Waals surface area contributed by atoms with Crippen molar-refractivity contribution in [3.63, 3.8) is 0 Å². The fraction of sp³-hybridized carbons (Fsp3) is 0.583. The van der Waals surface area contributed by atoms with E-state index in [9.17, 15) is 8.78 Å². The number of methoxy groups -OCH3 is 1. The van der Waals surface area contributed by atoms with Gasteiger partial charge in [-0.1, -0.05) is 6.07 Å². The molecule has 1 aliphatic rings. The minimum Gasteiger partial charge on any atom is -0.481 e. The number of halogens is 2. The summed E-state index contributed by atoms with van der Waals surface area (Å²) in [6.45, 7) is 0. The summed E-state index contributed by atoms with van der Waals surface area (Å²) in [5, 5.41) is 0. The second-order valence-electron chi connectivity index (χ2n) is 4.58. The van der Waals surface area contributed by atoms with Crippen LogP contribution in [0.25, 0.3) is 0 Å². The molecule has 2 rings (SSSR count). The van der Waals surface area contributed by atoms with Gasteiger partial charge in [-0.15, -0.1) is 0 Å². The van der Waals surface area contributed by atoms with Crippen LogP contribution in [0.15, 0.2) is 18.2 Å². The molecule has 0 unspecified atom stereocenters. The van der Waals surface area contributed by atoms with Gasteiger partial charge in [-0.05, 0) is 18.9 Å². The maximum absolute atomic E-state index is 13.1. The van der Waals surface area contributed by atoms with Gasteiger partial charge in [0.15, 0.2) is 0 Å². The lowest BCUT2D eigenvalue weighted by atomic mass is 9.78. The third kappa shape index (κ3) is 2.54. The van der Waals surface area contributed by atoms with Gasteiger partial charge in [0.25, 0.3) is 0 Å². The van der Waals surface area contributed by atoms with Gasteiger partial charge in [0.2, 0.25) is 11.8 Å². The Morgan fingerprint density at radius 2 is 1.88 bits per heavy atom. The zero-order valence-corrected chi connectivity index (χ0v) is 9.75. The van der Waals surface area contributed by atoms with Crippen LogP contribution in [0.3, 0.4) is 0 Å². The predicted molar refractivity (Wildman–Crippen MR) is 60.1 cm³/mol. The second kappa shape index (κ2) is 4.22. The molecule has 94 valence electrons. The highest BCUT2D eigenvalue weighted by molar-refractivity contribution is 5.22. The van der Waals surface area contributed by atoms with Gasteiger partial charge < -0.3 is 10.5 Å². The minimum atomic E-state index is -2.58.